The zero-order valence-electron chi connectivity index (χ0n) is 15.7. The molecule has 0 aliphatic carbocycles. The summed E-state index contributed by atoms with van der Waals surface area (Å²) in [7, 11) is -2.43. The third kappa shape index (κ3) is 8.38. The van der Waals surface area contributed by atoms with Crippen LogP contribution in [-0.2, 0) is 22.9 Å². The van der Waals surface area contributed by atoms with Gasteiger partial charge in [0.25, 0.3) is 0 Å². The molecule has 0 radical (unpaired) electrons. The first kappa shape index (κ1) is 23.3. The van der Waals surface area contributed by atoms with Crippen LogP contribution < -0.4 is 0 Å². The maximum absolute atomic E-state index is 11.3. The Balaban J connectivity index is 4.76. The molecular formula is C15H32O7Si2. The van der Waals surface area contributed by atoms with Crippen molar-refractivity contribution in [2.45, 2.75) is 70.4 Å². The van der Waals surface area contributed by atoms with Crippen LogP contribution in [0.25, 0.3) is 0 Å². The molecule has 0 bridgehead atoms. The van der Waals surface area contributed by atoms with Gasteiger partial charge in [-0.15, -0.1) is 0 Å². The van der Waals surface area contributed by atoms with Crippen molar-refractivity contribution in [3.63, 3.8) is 0 Å². The van der Waals surface area contributed by atoms with Gasteiger partial charge in [-0.2, -0.15) is 0 Å². The molecule has 0 aromatic carbocycles. The molecule has 0 aliphatic rings. The van der Waals surface area contributed by atoms with Crippen LogP contribution in [0.15, 0.2) is 0 Å². The van der Waals surface area contributed by atoms with E-state index in [1.165, 1.54) is 6.92 Å². The fourth-order valence-electron chi connectivity index (χ4n) is 2.53. The number of ether oxygens (including phenoxy) is 1. The van der Waals surface area contributed by atoms with Gasteiger partial charge >= 0.3 is 20.5 Å². The van der Waals surface area contributed by atoms with Crippen molar-refractivity contribution >= 4 is 28.8 Å². The molecule has 0 heterocycles. The Bertz CT molecular complexity index is 425. The van der Waals surface area contributed by atoms with E-state index in [2.05, 4.69) is 26.6 Å². The number of hydrogen-bond acceptors (Lipinski definition) is 5. The van der Waals surface area contributed by atoms with E-state index in [9.17, 15) is 14.7 Å². The zero-order valence-corrected chi connectivity index (χ0v) is 17.7. The number of hydrogen-bond donors (Lipinski definition) is 2. The molecule has 2 N–H and O–H groups in total. The van der Waals surface area contributed by atoms with Gasteiger partial charge in [0.2, 0.25) is 0 Å². The molecule has 0 aromatic heterocycles. The fraction of sp³-hybridized carbons (Fsp3) is 0.867. The first-order valence-electron chi connectivity index (χ1n) is 8.24. The van der Waals surface area contributed by atoms with Crippen LogP contribution in [0.5, 0.6) is 0 Å². The highest BCUT2D eigenvalue weighted by Gasteiger charge is 2.40. The summed E-state index contributed by atoms with van der Waals surface area (Å²) in [5.74, 6) is -2.47. The molecule has 0 spiro atoms. The predicted molar refractivity (Wildman–Crippen MR) is 96.0 cm³/mol. The molecule has 0 saturated heterocycles. The van der Waals surface area contributed by atoms with Crippen LogP contribution in [0.4, 0.5) is 0 Å². The lowest BCUT2D eigenvalue weighted by Crippen LogP contribution is -2.49. The molecule has 24 heavy (non-hydrogen) atoms. The Morgan fingerprint density at radius 3 is 2.08 bits per heavy atom. The van der Waals surface area contributed by atoms with E-state index in [0.717, 1.165) is 12.5 Å². The fourth-order valence-corrected chi connectivity index (χ4v) is 10.2. The lowest BCUT2D eigenvalue weighted by atomic mass is 10.0. The van der Waals surface area contributed by atoms with Gasteiger partial charge in [-0.25, -0.2) is 4.79 Å². The Kier molecular flexibility index (Phi) is 9.36. The van der Waals surface area contributed by atoms with E-state index in [1.807, 2.05) is 0 Å². The largest absolute Gasteiger partial charge is 0.481 e. The average Bonchev–Trinajstić information content (AvgIpc) is 2.41. The van der Waals surface area contributed by atoms with Crippen molar-refractivity contribution < 1.29 is 33.1 Å². The Morgan fingerprint density at radius 2 is 1.71 bits per heavy atom. The van der Waals surface area contributed by atoms with E-state index in [1.54, 1.807) is 7.11 Å². The number of aliphatic carboxylic acids is 2. The molecule has 0 saturated carbocycles. The number of rotatable bonds is 13. The van der Waals surface area contributed by atoms with Gasteiger partial charge in [0.05, 0.1) is 6.42 Å². The highest BCUT2D eigenvalue weighted by Crippen LogP contribution is 2.27. The maximum Gasteiger partial charge on any atom is 0.336 e. The topological polar surface area (TPSA) is 102 Å². The van der Waals surface area contributed by atoms with Crippen molar-refractivity contribution in [2.24, 2.45) is 0 Å². The van der Waals surface area contributed by atoms with E-state index < -0.39 is 40.8 Å². The quantitative estimate of drug-likeness (QED) is 0.374. The van der Waals surface area contributed by atoms with Gasteiger partial charge in [0.1, 0.15) is 0 Å². The smallest absolute Gasteiger partial charge is 0.336 e. The molecule has 7 nitrogen and oxygen atoms in total. The minimum atomic E-state index is -2.34. The summed E-state index contributed by atoms with van der Waals surface area (Å²) < 4.78 is 17.5. The lowest BCUT2D eigenvalue weighted by Gasteiger charge is -2.35. The minimum Gasteiger partial charge on any atom is -0.481 e. The van der Waals surface area contributed by atoms with Gasteiger partial charge in [-0.05, 0) is 45.1 Å². The molecular weight excluding hydrogens is 348 g/mol. The van der Waals surface area contributed by atoms with E-state index in [4.69, 9.17) is 18.4 Å². The summed E-state index contributed by atoms with van der Waals surface area (Å²) in [5.41, 5.74) is -1.71. The molecule has 0 aliphatic heterocycles. The van der Waals surface area contributed by atoms with Gasteiger partial charge in [-0.1, -0.05) is 13.3 Å². The first-order valence-corrected chi connectivity index (χ1v) is 13.9. The summed E-state index contributed by atoms with van der Waals surface area (Å²) in [5, 5.41) is 18.0. The SMILES string of the molecule is CCC[Si](CCCOC(C)(CC(=O)O)C(=O)O)(OC)O[Si](C)(C)C. The second-order valence-corrected chi connectivity index (χ2v) is 15.4. The second-order valence-electron chi connectivity index (χ2n) is 7.14. The number of carboxylic acids is 2. The van der Waals surface area contributed by atoms with Gasteiger partial charge < -0.3 is 23.5 Å². The van der Waals surface area contributed by atoms with Gasteiger partial charge in [-0.3, -0.25) is 4.79 Å². The predicted octanol–water partition coefficient (Wildman–Crippen LogP) is 3.06. The Morgan fingerprint density at radius 1 is 1.12 bits per heavy atom. The molecule has 142 valence electrons. The highest BCUT2D eigenvalue weighted by atomic mass is 28.4. The van der Waals surface area contributed by atoms with Gasteiger partial charge in [0.15, 0.2) is 13.9 Å². The molecule has 0 fully saturated rings. The number of carboxylic acid groups (broad SMARTS) is 2. The van der Waals surface area contributed by atoms with E-state index in [0.29, 0.717) is 12.5 Å². The van der Waals surface area contributed by atoms with Crippen LogP contribution >= 0.6 is 0 Å². The first-order chi connectivity index (χ1) is 10.9. The molecule has 2 unspecified atom stereocenters. The summed E-state index contributed by atoms with van der Waals surface area (Å²) in [6.45, 7) is 9.89. The zero-order chi connectivity index (χ0) is 19.0. The summed E-state index contributed by atoms with van der Waals surface area (Å²) in [6, 6.07) is 1.57. The van der Waals surface area contributed by atoms with Crippen molar-refractivity contribution in [3.8, 4) is 0 Å². The molecule has 0 rings (SSSR count). The standard InChI is InChI=1S/C15H32O7Si2/c1-7-10-24(20-3,22-23(4,5)6)11-8-9-21-15(2,14(18)19)12-13(16)17/h7-12H2,1-6H3,(H,16,17)(H,18,19). The van der Waals surface area contributed by atoms with E-state index in [-0.39, 0.29) is 6.61 Å². The molecule has 9 heteroatoms. The van der Waals surface area contributed by atoms with Crippen LogP contribution in [0.1, 0.15) is 33.1 Å². The molecule has 0 amide bonds. The number of carbonyl (C=O) groups is 2. The van der Waals surface area contributed by atoms with Crippen molar-refractivity contribution in [2.75, 3.05) is 13.7 Å². The normalized spacial score (nSPS) is 17.1. The highest BCUT2D eigenvalue weighted by molar-refractivity contribution is 6.82. The minimum absolute atomic E-state index is 0.160. The second kappa shape index (κ2) is 9.66. The summed E-state index contributed by atoms with van der Waals surface area (Å²) in [4.78, 5) is 22.1. The van der Waals surface area contributed by atoms with Crippen LogP contribution in [0.3, 0.4) is 0 Å². The van der Waals surface area contributed by atoms with E-state index >= 15 is 0 Å². The summed E-state index contributed by atoms with van der Waals surface area (Å²) in [6.07, 6.45) is 0.958. The van der Waals surface area contributed by atoms with Crippen LogP contribution in [-0.4, -0.2) is 58.3 Å². The molecule has 0 aromatic rings. The third-order valence-corrected chi connectivity index (χ3v) is 10.6. The van der Waals surface area contributed by atoms with Crippen LogP contribution in [0, 0.1) is 0 Å². The maximum atomic E-state index is 11.3. The van der Waals surface area contributed by atoms with Gasteiger partial charge in [0, 0.05) is 13.7 Å². The third-order valence-electron chi connectivity index (χ3n) is 3.56. The summed E-state index contributed by atoms with van der Waals surface area (Å²) >= 11 is 0. The molecule has 2 atom stereocenters. The van der Waals surface area contributed by atoms with Crippen molar-refractivity contribution in [3.05, 3.63) is 0 Å². The lowest BCUT2D eigenvalue weighted by molar-refractivity contribution is -0.170. The van der Waals surface area contributed by atoms with Crippen LogP contribution in [0.2, 0.25) is 31.7 Å². The Labute approximate surface area is 146 Å². The Hall–Kier alpha value is -0.746. The van der Waals surface area contributed by atoms with Crippen molar-refractivity contribution in [1.29, 1.82) is 0 Å². The van der Waals surface area contributed by atoms with Crippen molar-refractivity contribution in [1.82, 2.24) is 0 Å². The monoisotopic (exact) mass is 380 g/mol. The average molecular weight is 381 g/mol.